The summed E-state index contributed by atoms with van der Waals surface area (Å²) in [6.45, 7) is 3.07. The molecular weight excluding hydrogens is 432 g/mol. The number of hydroxylamine groups is 1. The predicted octanol–water partition coefficient (Wildman–Crippen LogP) is 3.32. The molecule has 5 rings (SSSR count). The number of carbonyl (C=O) groups is 2. The van der Waals surface area contributed by atoms with Gasteiger partial charge in [-0.3, -0.25) is 19.8 Å². The Labute approximate surface area is 197 Å². The van der Waals surface area contributed by atoms with Gasteiger partial charge in [0.25, 0.3) is 0 Å². The lowest BCUT2D eigenvalue weighted by Gasteiger charge is -2.35. The third-order valence-corrected chi connectivity index (χ3v) is 6.88. The highest BCUT2D eigenvalue weighted by Gasteiger charge is 2.52. The minimum absolute atomic E-state index is 0.0889. The summed E-state index contributed by atoms with van der Waals surface area (Å²) in [4.78, 5) is 29.7. The van der Waals surface area contributed by atoms with Gasteiger partial charge in [0, 0.05) is 28.9 Å². The number of pyridine rings is 1. The van der Waals surface area contributed by atoms with Crippen LogP contribution in [0.4, 0.5) is 5.69 Å². The van der Waals surface area contributed by atoms with Crippen LogP contribution < -0.4 is 20.9 Å². The average Bonchev–Trinajstić information content (AvgIpc) is 3.61. The van der Waals surface area contributed by atoms with Gasteiger partial charge in [-0.1, -0.05) is 18.2 Å². The van der Waals surface area contributed by atoms with Crippen molar-refractivity contribution in [3.05, 3.63) is 65.9 Å². The van der Waals surface area contributed by atoms with Crippen LogP contribution in [0.3, 0.4) is 0 Å². The molecule has 1 spiro atoms. The summed E-state index contributed by atoms with van der Waals surface area (Å²) in [5, 5.41) is 16.3. The van der Waals surface area contributed by atoms with Gasteiger partial charge >= 0.3 is 0 Å². The highest BCUT2D eigenvalue weighted by molar-refractivity contribution is 5.98. The first-order valence-electron chi connectivity index (χ1n) is 11.5. The SMILES string of the molecule is Cc1cc(COc2ccc(NC(=O)C3NCC4(CC4)CC3C(=O)NO)cc2)c2ccccc2n1. The van der Waals surface area contributed by atoms with Gasteiger partial charge in [-0.15, -0.1) is 0 Å². The molecule has 4 N–H and O–H groups in total. The van der Waals surface area contributed by atoms with E-state index < -0.39 is 17.9 Å². The molecule has 0 radical (unpaired) electrons. The highest BCUT2D eigenvalue weighted by atomic mass is 16.5. The van der Waals surface area contributed by atoms with Crippen molar-refractivity contribution in [2.45, 2.75) is 38.8 Å². The van der Waals surface area contributed by atoms with Gasteiger partial charge in [-0.25, -0.2) is 5.48 Å². The van der Waals surface area contributed by atoms with Crippen LogP contribution in [0.2, 0.25) is 0 Å². The Bertz CT molecular complexity index is 1220. The van der Waals surface area contributed by atoms with Crippen molar-refractivity contribution in [1.82, 2.24) is 15.8 Å². The number of carbonyl (C=O) groups excluding carboxylic acids is 2. The molecule has 8 nitrogen and oxygen atoms in total. The van der Waals surface area contributed by atoms with E-state index in [-0.39, 0.29) is 11.3 Å². The number of ether oxygens (including phenoxy) is 1. The molecule has 1 saturated heterocycles. The molecule has 2 fully saturated rings. The maximum Gasteiger partial charge on any atom is 0.248 e. The fraction of sp³-hybridized carbons (Fsp3) is 0.346. The van der Waals surface area contributed by atoms with Crippen LogP contribution in [0.1, 0.15) is 30.5 Å². The van der Waals surface area contributed by atoms with E-state index in [9.17, 15) is 9.59 Å². The first-order valence-corrected chi connectivity index (χ1v) is 11.5. The van der Waals surface area contributed by atoms with E-state index >= 15 is 0 Å². The normalized spacial score (nSPS) is 20.6. The van der Waals surface area contributed by atoms with Gasteiger partial charge in [0.2, 0.25) is 11.8 Å². The quantitative estimate of drug-likeness (QED) is 0.332. The van der Waals surface area contributed by atoms with E-state index in [1.54, 1.807) is 29.7 Å². The van der Waals surface area contributed by atoms with E-state index in [4.69, 9.17) is 9.94 Å². The molecular formula is C26H28N4O4. The van der Waals surface area contributed by atoms with E-state index in [1.807, 2.05) is 37.3 Å². The van der Waals surface area contributed by atoms with Crippen molar-refractivity contribution >= 4 is 28.4 Å². The number of anilines is 1. The molecule has 2 aliphatic rings. The Kier molecular flexibility index (Phi) is 5.93. The first-order chi connectivity index (χ1) is 16.5. The van der Waals surface area contributed by atoms with Crippen LogP contribution in [0.25, 0.3) is 10.9 Å². The number of hydrogen-bond acceptors (Lipinski definition) is 6. The molecule has 1 aromatic heterocycles. The molecule has 0 bridgehead atoms. The number of aromatic nitrogens is 1. The highest BCUT2D eigenvalue weighted by Crippen LogP contribution is 2.52. The lowest BCUT2D eigenvalue weighted by Crippen LogP contribution is -2.56. The third kappa shape index (κ3) is 4.60. The van der Waals surface area contributed by atoms with Crippen molar-refractivity contribution in [2.24, 2.45) is 11.3 Å². The van der Waals surface area contributed by atoms with Gasteiger partial charge in [-0.2, -0.15) is 0 Å². The number of fused-ring (bicyclic) bond motifs is 1. The molecule has 34 heavy (non-hydrogen) atoms. The molecule has 2 unspecified atom stereocenters. The predicted molar refractivity (Wildman–Crippen MR) is 127 cm³/mol. The Morgan fingerprint density at radius 1 is 1.15 bits per heavy atom. The van der Waals surface area contributed by atoms with Gasteiger partial charge < -0.3 is 15.4 Å². The Hall–Kier alpha value is -3.49. The summed E-state index contributed by atoms with van der Waals surface area (Å²) in [5.41, 5.74) is 5.36. The molecule has 2 aromatic carbocycles. The van der Waals surface area contributed by atoms with Gasteiger partial charge in [0.05, 0.1) is 17.5 Å². The van der Waals surface area contributed by atoms with Gasteiger partial charge in [0.15, 0.2) is 0 Å². The van der Waals surface area contributed by atoms with Crippen molar-refractivity contribution in [3.8, 4) is 5.75 Å². The minimum Gasteiger partial charge on any atom is -0.489 e. The molecule has 1 aliphatic carbocycles. The summed E-state index contributed by atoms with van der Waals surface area (Å²) >= 11 is 0. The summed E-state index contributed by atoms with van der Waals surface area (Å²) in [7, 11) is 0. The second kappa shape index (κ2) is 9.04. The second-order valence-corrected chi connectivity index (χ2v) is 9.39. The molecule has 2 amide bonds. The zero-order valence-electron chi connectivity index (χ0n) is 19.0. The lowest BCUT2D eigenvalue weighted by atomic mass is 9.81. The number of piperidine rings is 1. The summed E-state index contributed by atoms with van der Waals surface area (Å²) < 4.78 is 5.99. The number of hydrogen-bond donors (Lipinski definition) is 4. The van der Waals surface area contributed by atoms with Crippen LogP contribution in [0.15, 0.2) is 54.6 Å². The van der Waals surface area contributed by atoms with E-state index in [0.29, 0.717) is 31.0 Å². The minimum atomic E-state index is -0.697. The summed E-state index contributed by atoms with van der Waals surface area (Å²) in [5.74, 6) is -0.749. The third-order valence-electron chi connectivity index (χ3n) is 6.88. The fourth-order valence-corrected chi connectivity index (χ4v) is 4.82. The van der Waals surface area contributed by atoms with Gasteiger partial charge in [-0.05, 0) is 68.0 Å². The number of benzene rings is 2. The van der Waals surface area contributed by atoms with Crippen LogP contribution >= 0.6 is 0 Å². The van der Waals surface area contributed by atoms with Crippen molar-refractivity contribution in [3.63, 3.8) is 0 Å². The summed E-state index contributed by atoms with van der Waals surface area (Å²) in [6, 6.07) is 16.5. The molecule has 3 aromatic rings. The van der Waals surface area contributed by atoms with Crippen molar-refractivity contribution in [2.75, 3.05) is 11.9 Å². The number of rotatable bonds is 6. The molecule has 176 valence electrons. The van der Waals surface area contributed by atoms with Crippen LogP contribution in [0, 0.1) is 18.3 Å². The largest absolute Gasteiger partial charge is 0.489 e. The maximum absolute atomic E-state index is 12.9. The smallest absolute Gasteiger partial charge is 0.248 e. The zero-order chi connectivity index (χ0) is 23.7. The number of para-hydroxylation sites is 1. The number of nitrogens with one attached hydrogen (secondary N) is 3. The van der Waals surface area contributed by atoms with Crippen molar-refractivity contribution in [1.29, 1.82) is 0 Å². The standard InChI is InChI=1S/C26H28N4O4/c1-16-12-17(20-4-2-3-5-22(20)28-16)14-34-19-8-6-18(7-9-19)29-25(32)23-21(24(31)30-33)13-26(10-11-26)15-27-23/h2-9,12,21,23,27,33H,10-11,13-15H2,1H3,(H,29,32)(H,30,31). The van der Waals surface area contributed by atoms with Crippen LogP contribution in [-0.4, -0.2) is 34.6 Å². The average molecular weight is 461 g/mol. The van der Waals surface area contributed by atoms with Crippen molar-refractivity contribution < 1.29 is 19.5 Å². The number of amides is 2. The van der Waals surface area contributed by atoms with E-state index in [0.717, 1.165) is 35.0 Å². The maximum atomic E-state index is 12.9. The molecule has 1 saturated carbocycles. The van der Waals surface area contributed by atoms with Crippen LogP contribution in [0.5, 0.6) is 5.75 Å². The van der Waals surface area contributed by atoms with E-state index in [2.05, 4.69) is 15.6 Å². The number of nitrogens with zero attached hydrogens (tertiary/aromatic N) is 1. The van der Waals surface area contributed by atoms with Gasteiger partial charge in [0.1, 0.15) is 12.4 Å². The fourth-order valence-electron chi connectivity index (χ4n) is 4.82. The lowest BCUT2D eigenvalue weighted by molar-refractivity contribution is -0.139. The summed E-state index contributed by atoms with van der Waals surface area (Å²) in [6.07, 6.45) is 2.68. The molecule has 2 heterocycles. The first kappa shape index (κ1) is 22.3. The topological polar surface area (TPSA) is 113 Å². The molecule has 8 heteroatoms. The molecule has 2 atom stereocenters. The van der Waals surface area contributed by atoms with Crippen LogP contribution in [-0.2, 0) is 16.2 Å². The molecule has 1 aliphatic heterocycles. The Balaban J connectivity index is 1.22. The Morgan fingerprint density at radius 2 is 1.91 bits per heavy atom. The Morgan fingerprint density at radius 3 is 2.65 bits per heavy atom. The number of aryl methyl sites for hydroxylation is 1. The van der Waals surface area contributed by atoms with E-state index in [1.165, 1.54) is 0 Å². The zero-order valence-corrected chi connectivity index (χ0v) is 19.0. The second-order valence-electron chi connectivity index (χ2n) is 9.39. The monoisotopic (exact) mass is 460 g/mol.